The minimum atomic E-state index is -0.657. The molecule has 0 radical (unpaired) electrons. The second-order valence-corrected chi connectivity index (χ2v) is 7.11. The van der Waals surface area contributed by atoms with E-state index in [1.54, 1.807) is 5.38 Å². The number of halogens is 2. The number of hydrogen-bond donors (Lipinski definition) is 1. The molecule has 1 fully saturated rings. The molecule has 0 saturated heterocycles. The lowest BCUT2D eigenvalue weighted by molar-refractivity contribution is -0.116. The summed E-state index contributed by atoms with van der Waals surface area (Å²) >= 11 is 1.24. The van der Waals surface area contributed by atoms with Crippen molar-refractivity contribution in [2.45, 2.75) is 44.9 Å². The number of carbonyl (C=O) groups is 1. The molecule has 0 aliphatic heterocycles. The second-order valence-electron chi connectivity index (χ2n) is 6.25. The number of anilines is 1. The SMILES string of the molecule is O=C(CCC1CCCCC1)Nc1nc(-c2ccc(F)cc2F)cs1. The first-order chi connectivity index (χ1) is 11.6. The molecule has 1 heterocycles. The van der Waals surface area contributed by atoms with Crippen LogP contribution in [0.3, 0.4) is 0 Å². The molecule has 24 heavy (non-hydrogen) atoms. The molecule has 0 unspecified atom stereocenters. The van der Waals surface area contributed by atoms with Crippen molar-refractivity contribution in [2.24, 2.45) is 5.92 Å². The minimum Gasteiger partial charge on any atom is -0.302 e. The van der Waals surface area contributed by atoms with Gasteiger partial charge in [-0.25, -0.2) is 13.8 Å². The fraction of sp³-hybridized carbons (Fsp3) is 0.444. The number of hydrogen-bond acceptors (Lipinski definition) is 3. The lowest BCUT2D eigenvalue weighted by Crippen LogP contribution is -2.14. The van der Waals surface area contributed by atoms with Crippen LogP contribution in [0.25, 0.3) is 11.3 Å². The van der Waals surface area contributed by atoms with Gasteiger partial charge in [0, 0.05) is 23.4 Å². The first-order valence-electron chi connectivity index (χ1n) is 8.32. The Morgan fingerprint density at radius 3 is 2.79 bits per heavy atom. The first-order valence-corrected chi connectivity index (χ1v) is 9.20. The van der Waals surface area contributed by atoms with E-state index in [0.29, 0.717) is 23.2 Å². The first kappa shape index (κ1) is 17.0. The maximum atomic E-state index is 13.8. The largest absolute Gasteiger partial charge is 0.302 e. The zero-order valence-electron chi connectivity index (χ0n) is 13.4. The monoisotopic (exact) mass is 350 g/mol. The molecule has 1 aromatic carbocycles. The summed E-state index contributed by atoms with van der Waals surface area (Å²) in [6.07, 6.45) is 7.69. The summed E-state index contributed by atoms with van der Waals surface area (Å²) in [6, 6.07) is 3.38. The van der Waals surface area contributed by atoms with Gasteiger partial charge in [-0.2, -0.15) is 0 Å². The van der Waals surface area contributed by atoms with Gasteiger partial charge in [-0.15, -0.1) is 11.3 Å². The Morgan fingerprint density at radius 2 is 2.04 bits per heavy atom. The summed E-state index contributed by atoms with van der Waals surface area (Å²) in [5.74, 6) is -0.677. The fourth-order valence-electron chi connectivity index (χ4n) is 3.14. The van der Waals surface area contributed by atoms with Gasteiger partial charge >= 0.3 is 0 Å². The number of amides is 1. The van der Waals surface area contributed by atoms with Crippen LogP contribution in [-0.2, 0) is 4.79 Å². The molecule has 1 saturated carbocycles. The van der Waals surface area contributed by atoms with E-state index in [-0.39, 0.29) is 11.5 Å². The van der Waals surface area contributed by atoms with E-state index in [9.17, 15) is 13.6 Å². The molecule has 3 rings (SSSR count). The Morgan fingerprint density at radius 1 is 1.25 bits per heavy atom. The predicted molar refractivity (Wildman–Crippen MR) is 91.9 cm³/mol. The van der Waals surface area contributed by atoms with Crippen molar-refractivity contribution < 1.29 is 13.6 Å². The van der Waals surface area contributed by atoms with Gasteiger partial charge in [-0.1, -0.05) is 32.1 Å². The van der Waals surface area contributed by atoms with Gasteiger partial charge < -0.3 is 5.32 Å². The van der Waals surface area contributed by atoms with Gasteiger partial charge in [0.2, 0.25) is 5.91 Å². The molecular weight excluding hydrogens is 330 g/mol. The highest BCUT2D eigenvalue weighted by Gasteiger charge is 2.16. The zero-order chi connectivity index (χ0) is 16.9. The van der Waals surface area contributed by atoms with Crippen LogP contribution in [0.1, 0.15) is 44.9 Å². The third-order valence-corrected chi connectivity index (χ3v) is 5.22. The topological polar surface area (TPSA) is 42.0 Å². The van der Waals surface area contributed by atoms with Gasteiger partial charge in [-0.05, 0) is 24.5 Å². The van der Waals surface area contributed by atoms with Gasteiger partial charge in [-0.3, -0.25) is 4.79 Å². The average molecular weight is 350 g/mol. The van der Waals surface area contributed by atoms with E-state index >= 15 is 0 Å². The van der Waals surface area contributed by atoms with Crippen LogP contribution in [0.4, 0.5) is 13.9 Å². The van der Waals surface area contributed by atoms with E-state index < -0.39 is 11.6 Å². The summed E-state index contributed by atoms with van der Waals surface area (Å²) in [5.41, 5.74) is 0.635. The molecule has 0 bridgehead atoms. The summed E-state index contributed by atoms with van der Waals surface area (Å²) in [4.78, 5) is 16.3. The maximum Gasteiger partial charge on any atom is 0.226 e. The maximum absolute atomic E-state index is 13.8. The lowest BCUT2D eigenvalue weighted by Gasteiger charge is -2.20. The molecule has 1 aliphatic carbocycles. The van der Waals surface area contributed by atoms with E-state index in [2.05, 4.69) is 10.3 Å². The van der Waals surface area contributed by atoms with Gasteiger partial charge in [0.1, 0.15) is 11.6 Å². The number of benzene rings is 1. The Balaban J connectivity index is 1.56. The summed E-state index contributed by atoms with van der Waals surface area (Å²) in [7, 11) is 0. The molecule has 2 aromatic rings. The molecular formula is C18H20F2N2OS. The van der Waals surface area contributed by atoms with Crippen molar-refractivity contribution in [1.82, 2.24) is 4.98 Å². The van der Waals surface area contributed by atoms with E-state index in [1.165, 1.54) is 55.6 Å². The molecule has 0 spiro atoms. The van der Waals surface area contributed by atoms with Crippen LogP contribution in [0.15, 0.2) is 23.6 Å². The number of aromatic nitrogens is 1. The highest BCUT2D eigenvalue weighted by Crippen LogP contribution is 2.29. The standard InChI is InChI=1S/C18H20F2N2OS/c19-13-7-8-14(15(20)10-13)16-11-24-18(21-16)22-17(23)9-6-12-4-2-1-3-5-12/h7-8,10-12H,1-6,9H2,(H,21,22,23). The van der Waals surface area contributed by atoms with Crippen LogP contribution in [-0.4, -0.2) is 10.9 Å². The molecule has 3 nitrogen and oxygen atoms in total. The van der Waals surface area contributed by atoms with E-state index in [1.807, 2.05) is 0 Å². The van der Waals surface area contributed by atoms with Crippen LogP contribution in [0, 0.1) is 17.6 Å². The Hall–Kier alpha value is -1.82. The Kier molecular flexibility index (Phi) is 5.56. The van der Waals surface area contributed by atoms with Crippen molar-refractivity contribution in [1.29, 1.82) is 0 Å². The van der Waals surface area contributed by atoms with E-state index in [4.69, 9.17) is 0 Å². The normalized spacial score (nSPS) is 15.4. The van der Waals surface area contributed by atoms with Crippen LogP contribution in [0.5, 0.6) is 0 Å². The number of nitrogens with one attached hydrogen (secondary N) is 1. The molecule has 1 aromatic heterocycles. The fourth-order valence-corrected chi connectivity index (χ4v) is 3.87. The summed E-state index contributed by atoms with van der Waals surface area (Å²) < 4.78 is 26.7. The molecule has 128 valence electrons. The number of carbonyl (C=O) groups excluding carboxylic acids is 1. The quantitative estimate of drug-likeness (QED) is 0.786. The number of thiazole rings is 1. The smallest absolute Gasteiger partial charge is 0.226 e. The Labute approximate surface area is 144 Å². The third-order valence-electron chi connectivity index (χ3n) is 4.46. The minimum absolute atomic E-state index is 0.0546. The van der Waals surface area contributed by atoms with Crippen molar-refractivity contribution in [2.75, 3.05) is 5.32 Å². The predicted octanol–water partition coefficient (Wildman–Crippen LogP) is 5.39. The molecule has 1 N–H and O–H groups in total. The van der Waals surface area contributed by atoms with Crippen LogP contribution < -0.4 is 5.32 Å². The number of rotatable bonds is 5. The zero-order valence-corrected chi connectivity index (χ0v) is 14.2. The Bertz CT molecular complexity index is 711. The average Bonchev–Trinajstić information content (AvgIpc) is 3.02. The molecule has 1 aliphatic rings. The molecule has 0 atom stereocenters. The second kappa shape index (κ2) is 7.83. The van der Waals surface area contributed by atoms with Gasteiger partial charge in [0.15, 0.2) is 5.13 Å². The van der Waals surface area contributed by atoms with Crippen LogP contribution in [0.2, 0.25) is 0 Å². The lowest BCUT2D eigenvalue weighted by atomic mass is 9.86. The van der Waals surface area contributed by atoms with Gasteiger partial charge in [0.25, 0.3) is 0 Å². The van der Waals surface area contributed by atoms with Crippen molar-refractivity contribution >= 4 is 22.4 Å². The van der Waals surface area contributed by atoms with Crippen molar-refractivity contribution in [3.05, 3.63) is 35.2 Å². The van der Waals surface area contributed by atoms with Crippen molar-refractivity contribution in [3.8, 4) is 11.3 Å². The molecule has 6 heteroatoms. The molecule has 1 amide bonds. The highest BCUT2D eigenvalue weighted by atomic mass is 32.1. The van der Waals surface area contributed by atoms with Gasteiger partial charge in [0.05, 0.1) is 5.69 Å². The van der Waals surface area contributed by atoms with Crippen molar-refractivity contribution in [3.63, 3.8) is 0 Å². The third kappa shape index (κ3) is 4.38. The number of nitrogens with zero attached hydrogens (tertiary/aromatic N) is 1. The highest BCUT2D eigenvalue weighted by molar-refractivity contribution is 7.14. The summed E-state index contributed by atoms with van der Waals surface area (Å²) in [5, 5.41) is 4.88. The van der Waals surface area contributed by atoms with Crippen LogP contribution >= 0.6 is 11.3 Å². The van der Waals surface area contributed by atoms with E-state index in [0.717, 1.165) is 12.5 Å². The summed E-state index contributed by atoms with van der Waals surface area (Å²) in [6.45, 7) is 0.